The summed E-state index contributed by atoms with van der Waals surface area (Å²) in [6.45, 7) is 15.3. The van der Waals surface area contributed by atoms with Crippen LogP contribution in [0.1, 0.15) is 45.3 Å². The summed E-state index contributed by atoms with van der Waals surface area (Å²) in [6, 6.07) is 1.10. The minimum atomic E-state index is -0.676. The quantitative estimate of drug-likeness (QED) is 0.278. The lowest BCUT2D eigenvalue weighted by Gasteiger charge is -2.28. The van der Waals surface area contributed by atoms with E-state index in [0.29, 0.717) is 35.7 Å². The molecule has 37 heavy (non-hydrogen) atoms. The van der Waals surface area contributed by atoms with Crippen LogP contribution in [-0.2, 0) is 9.53 Å². The second-order valence-corrected chi connectivity index (χ2v) is 10.2. The first-order chi connectivity index (χ1) is 17.4. The lowest BCUT2D eigenvalue weighted by Crippen LogP contribution is -2.48. The van der Waals surface area contributed by atoms with Gasteiger partial charge in [0.15, 0.2) is 5.13 Å². The molecule has 2 amide bonds. The summed E-state index contributed by atoms with van der Waals surface area (Å²) >= 11 is 1.51. The summed E-state index contributed by atoms with van der Waals surface area (Å²) in [5, 5.41) is 9.94. The topological polar surface area (TPSA) is 121 Å². The van der Waals surface area contributed by atoms with Gasteiger partial charge in [0.2, 0.25) is 5.91 Å². The Kier molecular flexibility index (Phi) is 10.8. The lowest BCUT2D eigenvalue weighted by atomic mass is 10.2. The maximum atomic E-state index is 12.5. The number of hydrogen-bond acceptors (Lipinski definition) is 9. The average molecular weight is 528 g/mol. The number of hydrogen-bond donors (Lipinski definition) is 3. The number of ether oxygens (including phenoxy) is 1. The van der Waals surface area contributed by atoms with Gasteiger partial charge < -0.3 is 20.7 Å². The molecule has 0 bridgehead atoms. The predicted octanol–water partition coefficient (Wildman–Crippen LogP) is 4.91. The Morgan fingerprint density at radius 3 is 2.59 bits per heavy atom. The van der Waals surface area contributed by atoms with E-state index in [1.165, 1.54) is 23.3 Å². The minimum absolute atomic E-state index is 0.279. The van der Waals surface area contributed by atoms with Crippen LogP contribution in [0.4, 0.5) is 21.6 Å². The van der Waals surface area contributed by atoms with Crippen molar-refractivity contribution in [1.29, 1.82) is 0 Å². The molecule has 0 saturated carbocycles. The molecule has 2 aromatic rings. The van der Waals surface area contributed by atoms with Crippen molar-refractivity contribution in [2.45, 2.75) is 53.2 Å². The van der Waals surface area contributed by atoms with Crippen LogP contribution in [0.15, 0.2) is 43.1 Å². The molecule has 0 aromatic carbocycles. The van der Waals surface area contributed by atoms with Crippen LogP contribution in [0.25, 0.3) is 5.57 Å². The number of thiazole rings is 1. The Hall–Kier alpha value is -3.73. The lowest BCUT2D eigenvalue weighted by molar-refractivity contribution is -0.125. The van der Waals surface area contributed by atoms with Crippen LogP contribution in [0.2, 0.25) is 0 Å². The maximum absolute atomic E-state index is 12.5. The number of nitrogens with zero attached hydrogens (tertiary/aromatic N) is 4. The molecule has 0 saturated heterocycles. The second-order valence-electron chi connectivity index (χ2n) is 9.18. The first-order valence-electron chi connectivity index (χ1n) is 11.9. The van der Waals surface area contributed by atoms with E-state index in [1.54, 1.807) is 53.0 Å². The number of carbonyl (C=O) groups excluding carboxylic acids is 2. The summed E-state index contributed by atoms with van der Waals surface area (Å²) in [5.41, 5.74) is 0.395. The van der Waals surface area contributed by atoms with Crippen LogP contribution in [-0.4, -0.2) is 63.6 Å². The van der Waals surface area contributed by atoms with Crippen LogP contribution in [0, 0.1) is 6.92 Å². The van der Waals surface area contributed by atoms with Crippen molar-refractivity contribution in [3.05, 3.63) is 53.8 Å². The molecule has 0 aliphatic carbocycles. The van der Waals surface area contributed by atoms with Gasteiger partial charge in [0.25, 0.3) is 0 Å². The van der Waals surface area contributed by atoms with E-state index in [9.17, 15) is 9.59 Å². The van der Waals surface area contributed by atoms with Gasteiger partial charge in [0, 0.05) is 32.4 Å². The Morgan fingerprint density at radius 2 is 1.95 bits per heavy atom. The third-order valence-corrected chi connectivity index (χ3v) is 5.84. The standard InChI is InChI=1S/C26H37N7O3S/c1-9-11-19(12-10-2)20-16-29-24(37-20)32-22-15-21(30-18(4)31-22)27-13-14-28-23(34)17(3)33(8)25(35)36-26(5,6)7/h9-12,15-17H,1,13-14H2,2-8H3,(H,28,34)(H2,27,29,30,31,32)/b12-10-,19-11+. The molecule has 10 nitrogen and oxygen atoms in total. The fraction of sp³-hybridized carbons (Fsp3) is 0.423. The summed E-state index contributed by atoms with van der Waals surface area (Å²) in [6.07, 6.45) is 8.91. The van der Waals surface area contributed by atoms with Crippen molar-refractivity contribution in [1.82, 2.24) is 25.2 Å². The smallest absolute Gasteiger partial charge is 0.410 e. The first kappa shape index (κ1) is 29.5. The summed E-state index contributed by atoms with van der Waals surface area (Å²) < 4.78 is 5.32. The Bertz CT molecular complexity index is 1150. The molecule has 1 unspecified atom stereocenters. The van der Waals surface area contributed by atoms with Gasteiger partial charge >= 0.3 is 6.09 Å². The fourth-order valence-electron chi connectivity index (χ4n) is 3.02. The molecule has 2 aromatic heterocycles. The Balaban J connectivity index is 1.92. The average Bonchev–Trinajstić information content (AvgIpc) is 3.27. The van der Waals surface area contributed by atoms with E-state index in [2.05, 4.69) is 37.5 Å². The van der Waals surface area contributed by atoms with E-state index >= 15 is 0 Å². The van der Waals surface area contributed by atoms with E-state index in [0.717, 1.165) is 10.5 Å². The number of allylic oxidation sites excluding steroid dienone is 5. The van der Waals surface area contributed by atoms with Gasteiger partial charge in [-0.1, -0.05) is 42.2 Å². The molecule has 0 aliphatic rings. The van der Waals surface area contributed by atoms with Gasteiger partial charge in [-0.3, -0.25) is 9.69 Å². The molecule has 0 spiro atoms. The highest BCUT2D eigenvalue weighted by Gasteiger charge is 2.26. The van der Waals surface area contributed by atoms with Gasteiger partial charge in [0.1, 0.15) is 29.1 Å². The Labute approximate surface area is 222 Å². The summed E-state index contributed by atoms with van der Waals surface area (Å²) in [5.74, 6) is 1.52. The van der Waals surface area contributed by atoms with E-state index in [-0.39, 0.29) is 5.91 Å². The van der Waals surface area contributed by atoms with E-state index < -0.39 is 17.7 Å². The highest BCUT2D eigenvalue weighted by atomic mass is 32.1. The fourth-order valence-corrected chi connectivity index (χ4v) is 3.84. The number of anilines is 3. The Morgan fingerprint density at radius 1 is 1.24 bits per heavy atom. The zero-order chi connectivity index (χ0) is 27.6. The number of aryl methyl sites for hydroxylation is 1. The molecule has 1 atom stereocenters. The molecule has 3 N–H and O–H groups in total. The van der Waals surface area contributed by atoms with Crippen molar-refractivity contribution in [2.75, 3.05) is 30.8 Å². The third kappa shape index (κ3) is 9.68. The molecule has 200 valence electrons. The van der Waals surface area contributed by atoms with Crippen molar-refractivity contribution in [2.24, 2.45) is 0 Å². The third-order valence-electron chi connectivity index (χ3n) is 4.88. The number of amides is 2. The van der Waals surface area contributed by atoms with Gasteiger partial charge in [-0.25, -0.2) is 19.7 Å². The SMILES string of the molecule is C=C/C=C(\C=C/C)c1cnc(Nc2cc(NCCNC(=O)C(C)N(C)C(=O)OC(C)(C)C)nc(C)n2)s1. The highest BCUT2D eigenvalue weighted by Crippen LogP contribution is 2.28. The number of nitrogens with one attached hydrogen (secondary N) is 3. The largest absolute Gasteiger partial charge is 0.444 e. The zero-order valence-corrected chi connectivity index (χ0v) is 23.4. The van der Waals surface area contributed by atoms with Crippen LogP contribution >= 0.6 is 11.3 Å². The molecule has 0 radical (unpaired) electrons. The van der Waals surface area contributed by atoms with Crippen LogP contribution in [0.5, 0.6) is 0 Å². The monoisotopic (exact) mass is 527 g/mol. The van der Waals surface area contributed by atoms with Crippen molar-refractivity contribution < 1.29 is 14.3 Å². The minimum Gasteiger partial charge on any atom is -0.444 e. The van der Waals surface area contributed by atoms with Crippen molar-refractivity contribution in [3.63, 3.8) is 0 Å². The van der Waals surface area contributed by atoms with Gasteiger partial charge in [-0.15, -0.1) is 0 Å². The van der Waals surface area contributed by atoms with Gasteiger partial charge in [-0.05, 0) is 47.1 Å². The molecule has 11 heteroatoms. The molecule has 0 aliphatic heterocycles. The first-order valence-corrected chi connectivity index (χ1v) is 12.8. The summed E-state index contributed by atoms with van der Waals surface area (Å²) in [7, 11) is 1.54. The van der Waals surface area contributed by atoms with Gasteiger partial charge in [0.05, 0.1) is 4.88 Å². The molecular weight excluding hydrogens is 490 g/mol. The normalized spacial score (nSPS) is 12.7. The van der Waals surface area contributed by atoms with Crippen molar-refractivity contribution >= 4 is 45.7 Å². The highest BCUT2D eigenvalue weighted by molar-refractivity contribution is 7.16. The second kappa shape index (κ2) is 13.5. The van der Waals surface area contributed by atoms with E-state index in [4.69, 9.17) is 4.74 Å². The predicted molar refractivity (Wildman–Crippen MR) is 150 cm³/mol. The number of aromatic nitrogens is 3. The van der Waals surface area contributed by atoms with Crippen LogP contribution in [0.3, 0.4) is 0 Å². The van der Waals surface area contributed by atoms with Gasteiger partial charge in [-0.2, -0.15) is 0 Å². The van der Waals surface area contributed by atoms with Crippen molar-refractivity contribution in [3.8, 4) is 0 Å². The molecule has 2 rings (SSSR count). The number of rotatable bonds is 11. The summed E-state index contributed by atoms with van der Waals surface area (Å²) in [4.78, 5) is 40.2. The van der Waals surface area contributed by atoms with E-state index in [1.807, 2.05) is 25.2 Å². The zero-order valence-electron chi connectivity index (χ0n) is 22.6. The molecule has 2 heterocycles. The molecular formula is C26H37N7O3S. The number of likely N-dealkylation sites (N-methyl/N-ethyl adjacent to an activating group) is 1. The molecule has 0 fully saturated rings. The number of carbonyl (C=O) groups is 2. The maximum Gasteiger partial charge on any atom is 0.410 e. The van der Waals surface area contributed by atoms with Crippen LogP contribution < -0.4 is 16.0 Å².